The highest BCUT2D eigenvalue weighted by Gasteiger charge is 2.33. The number of anilines is 1. The van der Waals surface area contributed by atoms with Gasteiger partial charge in [-0.2, -0.15) is 9.61 Å². The Morgan fingerprint density at radius 3 is 2.69 bits per heavy atom. The van der Waals surface area contributed by atoms with E-state index in [1.54, 1.807) is 24.9 Å². The summed E-state index contributed by atoms with van der Waals surface area (Å²) in [4.78, 5) is 25.4. The molecular formula is C28H36N8O3. The number of likely N-dealkylation sites (tertiary alicyclic amines) is 1. The van der Waals surface area contributed by atoms with Crippen LogP contribution in [0.4, 0.5) is 5.82 Å². The largest absolute Gasteiger partial charge is 0.383 e. The number of nitrogens with zero attached hydrogens (tertiary/aromatic N) is 6. The quantitative estimate of drug-likeness (QED) is 0.339. The van der Waals surface area contributed by atoms with E-state index in [0.29, 0.717) is 17.3 Å². The molecule has 1 amide bonds. The molecule has 1 unspecified atom stereocenters. The van der Waals surface area contributed by atoms with Crippen molar-refractivity contribution in [2.24, 2.45) is 0 Å². The van der Waals surface area contributed by atoms with E-state index in [4.69, 9.17) is 19.4 Å². The normalized spacial score (nSPS) is 20.4. The van der Waals surface area contributed by atoms with E-state index < -0.39 is 0 Å². The molecule has 0 bridgehead atoms. The number of piperidine rings is 1. The Morgan fingerprint density at radius 2 is 1.97 bits per heavy atom. The van der Waals surface area contributed by atoms with Crippen molar-refractivity contribution in [3.63, 3.8) is 0 Å². The number of nitrogens with one attached hydrogen (secondary N) is 2. The van der Waals surface area contributed by atoms with Gasteiger partial charge in [0.15, 0.2) is 5.65 Å². The van der Waals surface area contributed by atoms with Crippen molar-refractivity contribution in [3.05, 3.63) is 42.4 Å². The maximum absolute atomic E-state index is 13.2. The number of hydrogen-bond acceptors (Lipinski definition) is 8. The van der Waals surface area contributed by atoms with Gasteiger partial charge in [-0.15, -0.1) is 0 Å². The number of ether oxygens (including phenoxy) is 2. The molecule has 0 radical (unpaired) electrons. The number of fused-ring (bicyclic) bond motifs is 2. The average molecular weight is 533 g/mol. The zero-order valence-electron chi connectivity index (χ0n) is 22.8. The third-order valence-corrected chi connectivity index (χ3v) is 8.24. The first-order valence-corrected chi connectivity index (χ1v) is 13.7. The van der Waals surface area contributed by atoms with Gasteiger partial charge in [0.1, 0.15) is 17.2 Å². The standard InChI is InChI=1S/C28H36N8O3/c1-29-25-15-23(32-27-21(17-31-36(25)27)28(37)33-22-6-7-24(22)39-3)20-16-30-26-19(20)5-4-10-35(26)18-8-11-34(12-9-18)13-14-38-2/h4-5,10,15-18,22,24,29H,6-9,11-14H2,1-3H3,(H,33,37)/t22?,24-/m1/s1. The fourth-order valence-corrected chi connectivity index (χ4v) is 5.80. The van der Waals surface area contributed by atoms with E-state index in [0.717, 1.165) is 80.4 Å². The van der Waals surface area contributed by atoms with Crippen LogP contribution >= 0.6 is 0 Å². The van der Waals surface area contributed by atoms with Gasteiger partial charge in [-0.05, 0) is 37.8 Å². The van der Waals surface area contributed by atoms with Crippen LogP contribution in [0.2, 0.25) is 0 Å². The molecule has 2 aromatic heterocycles. The van der Waals surface area contributed by atoms with Crippen molar-refractivity contribution < 1.29 is 14.3 Å². The van der Waals surface area contributed by atoms with Gasteiger partial charge < -0.3 is 29.6 Å². The van der Waals surface area contributed by atoms with Gasteiger partial charge in [-0.1, -0.05) is 0 Å². The fourth-order valence-electron chi connectivity index (χ4n) is 5.80. The first kappa shape index (κ1) is 25.7. The number of rotatable bonds is 9. The summed E-state index contributed by atoms with van der Waals surface area (Å²) < 4.78 is 14.7. The minimum absolute atomic E-state index is 0.00918. The van der Waals surface area contributed by atoms with Gasteiger partial charge in [0.25, 0.3) is 5.91 Å². The zero-order chi connectivity index (χ0) is 26.9. The number of carbonyl (C=O) groups is 1. The van der Waals surface area contributed by atoms with Crippen LogP contribution in [0.25, 0.3) is 28.3 Å². The molecule has 2 N–H and O–H groups in total. The van der Waals surface area contributed by atoms with Crippen LogP contribution in [0.1, 0.15) is 42.1 Å². The molecule has 5 heterocycles. The molecule has 0 spiro atoms. The van der Waals surface area contributed by atoms with E-state index in [2.05, 4.69) is 43.5 Å². The Bertz CT molecular complexity index is 1420. The van der Waals surface area contributed by atoms with Crippen LogP contribution in [-0.2, 0) is 9.47 Å². The summed E-state index contributed by atoms with van der Waals surface area (Å²) in [5, 5.41) is 10.7. The van der Waals surface area contributed by atoms with Crippen molar-refractivity contribution in [1.29, 1.82) is 0 Å². The van der Waals surface area contributed by atoms with Crippen LogP contribution in [0, 0.1) is 0 Å². The third-order valence-electron chi connectivity index (χ3n) is 8.24. The van der Waals surface area contributed by atoms with Gasteiger partial charge in [0.05, 0.1) is 30.6 Å². The lowest BCUT2D eigenvalue weighted by Crippen LogP contribution is -2.51. The SMILES string of the molecule is CNc1cc(-c2cnc3n(C4CCN(CCOC)CC4)cccc2-3)nc2c(C(=O)NC3CC[C@H]3OC)cnn12. The molecule has 0 aromatic carbocycles. The highest BCUT2D eigenvalue weighted by atomic mass is 16.5. The molecule has 2 aromatic rings. The van der Waals surface area contributed by atoms with Crippen LogP contribution in [0.3, 0.4) is 0 Å². The monoisotopic (exact) mass is 532 g/mol. The number of amides is 1. The summed E-state index contributed by atoms with van der Waals surface area (Å²) in [6.07, 6.45) is 9.66. The van der Waals surface area contributed by atoms with Crippen molar-refractivity contribution in [1.82, 2.24) is 34.4 Å². The summed E-state index contributed by atoms with van der Waals surface area (Å²) in [5.41, 5.74) is 3.66. The van der Waals surface area contributed by atoms with Crippen molar-refractivity contribution >= 4 is 17.4 Å². The number of aromatic nitrogens is 5. The second kappa shape index (κ2) is 10.9. The lowest BCUT2D eigenvalue weighted by molar-refractivity contribution is 0.00732. The summed E-state index contributed by atoms with van der Waals surface area (Å²) in [7, 11) is 5.27. The smallest absolute Gasteiger partial charge is 0.257 e. The minimum atomic E-state index is -0.191. The van der Waals surface area contributed by atoms with E-state index in [9.17, 15) is 4.79 Å². The maximum atomic E-state index is 13.2. The topological polar surface area (TPSA) is 111 Å². The molecule has 3 aliphatic heterocycles. The molecule has 2 fully saturated rings. The fraction of sp³-hybridized carbons (Fsp3) is 0.500. The van der Waals surface area contributed by atoms with Gasteiger partial charge in [0.2, 0.25) is 0 Å². The Hall–Kier alpha value is -3.54. The molecule has 6 rings (SSSR count). The third kappa shape index (κ3) is 4.75. The first-order chi connectivity index (χ1) is 19.1. The molecule has 2 atom stereocenters. The van der Waals surface area contributed by atoms with Gasteiger partial charge >= 0.3 is 0 Å². The molecule has 1 saturated heterocycles. The predicted octanol–water partition coefficient (Wildman–Crippen LogP) is 2.93. The summed E-state index contributed by atoms with van der Waals surface area (Å²) >= 11 is 0. The van der Waals surface area contributed by atoms with E-state index in [-0.39, 0.29) is 18.1 Å². The summed E-state index contributed by atoms with van der Waals surface area (Å²) in [6.45, 7) is 3.84. The summed E-state index contributed by atoms with van der Waals surface area (Å²) in [6, 6.07) is 6.54. The van der Waals surface area contributed by atoms with Crippen molar-refractivity contribution in [2.45, 2.75) is 43.9 Å². The van der Waals surface area contributed by atoms with Gasteiger partial charge in [-0.25, -0.2) is 9.97 Å². The Labute approximate surface area is 227 Å². The highest BCUT2D eigenvalue weighted by molar-refractivity contribution is 6.00. The molecule has 1 saturated carbocycles. The minimum Gasteiger partial charge on any atom is -0.383 e. The Balaban J connectivity index is 1.29. The van der Waals surface area contributed by atoms with E-state index in [1.165, 1.54) is 0 Å². The summed E-state index contributed by atoms with van der Waals surface area (Å²) in [5.74, 6) is 1.51. The molecule has 4 aliphatic rings. The Morgan fingerprint density at radius 1 is 1.13 bits per heavy atom. The van der Waals surface area contributed by atoms with Crippen LogP contribution in [0.5, 0.6) is 0 Å². The van der Waals surface area contributed by atoms with E-state index >= 15 is 0 Å². The van der Waals surface area contributed by atoms with Crippen LogP contribution in [0.15, 0.2) is 36.8 Å². The molecule has 11 nitrogen and oxygen atoms in total. The second-order valence-electron chi connectivity index (χ2n) is 10.4. The first-order valence-electron chi connectivity index (χ1n) is 13.7. The Kier molecular flexibility index (Phi) is 7.20. The lowest BCUT2D eigenvalue weighted by Gasteiger charge is -2.35. The van der Waals surface area contributed by atoms with Crippen molar-refractivity contribution in [3.8, 4) is 22.6 Å². The number of pyridine rings is 1. The molecule has 206 valence electrons. The van der Waals surface area contributed by atoms with Crippen LogP contribution < -0.4 is 10.6 Å². The molecule has 39 heavy (non-hydrogen) atoms. The zero-order valence-corrected chi connectivity index (χ0v) is 22.8. The highest BCUT2D eigenvalue weighted by Crippen LogP contribution is 2.37. The number of carbonyl (C=O) groups excluding carboxylic acids is 1. The molecule has 1 aliphatic carbocycles. The van der Waals surface area contributed by atoms with Crippen LogP contribution in [-0.4, -0.2) is 94.6 Å². The molecule has 11 heteroatoms. The molecular weight excluding hydrogens is 496 g/mol. The average Bonchev–Trinajstić information content (AvgIpc) is 3.59. The van der Waals surface area contributed by atoms with Crippen molar-refractivity contribution in [2.75, 3.05) is 52.8 Å². The lowest BCUT2D eigenvalue weighted by atomic mass is 9.89. The maximum Gasteiger partial charge on any atom is 0.257 e. The van der Waals surface area contributed by atoms with Gasteiger partial charge in [0, 0.05) is 76.5 Å². The predicted molar refractivity (Wildman–Crippen MR) is 148 cm³/mol. The number of methoxy groups -OCH3 is 2. The van der Waals surface area contributed by atoms with Gasteiger partial charge in [-0.3, -0.25) is 4.79 Å². The van der Waals surface area contributed by atoms with E-state index in [1.807, 2.05) is 19.3 Å². The second-order valence-corrected chi connectivity index (χ2v) is 10.4. The number of hydrogen-bond donors (Lipinski definition) is 2.